The molecule has 0 bridgehead atoms. The summed E-state index contributed by atoms with van der Waals surface area (Å²) in [6, 6.07) is 6.50. The van der Waals surface area contributed by atoms with Gasteiger partial charge in [0.25, 0.3) is 0 Å². The van der Waals surface area contributed by atoms with Crippen molar-refractivity contribution in [1.29, 1.82) is 0 Å². The van der Waals surface area contributed by atoms with Crippen LogP contribution in [0.5, 0.6) is 0 Å². The predicted molar refractivity (Wildman–Crippen MR) is 105 cm³/mol. The summed E-state index contributed by atoms with van der Waals surface area (Å²) in [5.74, 6) is -1.70. The van der Waals surface area contributed by atoms with Crippen LogP contribution in [-0.4, -0.2) is 65.7 Å². The van der Waals surface area contributed by atoms with Crippen LogP contribution in [0.2, 0.25) is 0 Å². The number of amides is 1. The quantitative estimate of drug-likeness (QED) is 0.317. The molecule has 9 heteroatoms. The van der Waals surface area contributed by atoms with Crippen LogP contribution in [0.3, 0.4) is 0 Å². The molecule has 0 aromatic heterocycles. The van der Waals surface area contributed by atoms with E-state index in [2.05, 4.69) is 10.6 Å². The van der Waals surface area contributed by atoms with Gasteiger partial charge in [-0.2, -0.15) is 0 Å². The molecule has 153 valence electrons. The van der Waals surface area contributed by atoms with Crippen LogP contribution < -0.4 is 10.6 Å². The number of hydrogen-bond donors (Lipinski definition) is 4. The molecule has 3 atom stereocenters. The Morgan fingerprint density at radius 1 is 1.18 bits per heavy atom. The average molecular weight is 391 g/mol. The zero-order valence-corrected chi connectivity index (χ0v) is 16.6. The first-order valence-electron chi connectivity index (χ1n) is 8.91. The van der Waals surface area contributed by atoms with Gasteiger partial charge in [-0.15, -0.1) is 0 Å². The third kappa shape index (κ3) is 8.54. The van der Waals surface area contributed by atoms with E-state index < -0.39 is 42.3 Å². The zero-order valence-electron chi connectivity index (χ0n) is 16.6. The summed E-state index contributed by atoms with van der Waals surface area (Å²) in [5.41, 5.74) is 0.162. The minimum absolute atomic E-state index is 0.00424. The van der Waals surface area contributed by atoms with Crippen LogP contribution in [0.25, 0.3) is 0 Å². The Balaban J connectivity index is 2.67. The van der Waals surface area contributed by atoms with Gasteiger partial charge in [0, 0.05) is 0 Å². The zero-order chi connectivity index (χ0) is 21.3. The first kappa shape index (κ1) is 23.7. The van der Waals surface area contributed by atoms with E-state index >= 15 is 0 Å². The molecule has 0 aliphatic rings. The number of carbonyl (C=O) groups is 2. The molecule has 0 aliphatic heterocycles. The van der Waals surface area contributed by atoms with E-state index in [4.69, 9.17) is 17.0 Å². The van der Waals surface area contributed by atoms with Crippen molar-refractivity contribution >= 4 is 25.1 Å². The van der Waals surface area contributed by atoms with Gasteiger partial charge in [0.05, 0.1) is 0 Å². The Morgan fingerprint density at radius 2 is 1.79 bits per heavy atom. The van der Waals surface area contributed by atoms with Gasteiger partial charge in [0.2, 0.25) is 0 Å². The Morgan fingerprint density at radius 3 is 2.29 bits per heavy atom. The van der Waals surface area contributed by atoms with Crippen LogP contribution in [0, 0.1) is 0 Å². The second kappa shape index (κ2) is 10.8. The molecule has 0 saturated carbocycles. The molecule has 0 fully saturated rings. The summed E-state index contributed by atoms with van der Waals surface area (Å²) < 4.78 is 10.5. The Bertz CT molecular complexity index is 660. The molecule has 4 N–H and O–H groups in total. The van der Waals surface area contributed by atoms with Crippen LogP contribution in [0.15, 0.2) is 30.3 Å². The second-order valence-corrected chi connectivity index (χ2v) is 7.28. The summed E-state index contributed by atoms with van der Waals surface area (Å²) >= 11 is 0. The van der Waals surface area contributed by atoms with Crippen molar-refractivity contribution in [3.05, 3.63) is 35.9 Å². The Hall–Kier alpha value is -2.39. The van der Waals surface area contributed by atoms with E-state index in [1.807, 2.05) is 6.07 Å². The molecule has 1 rings (SSSR count). The molecule has 0 aliphatic carbocycles. The molecule has 0 unspecified atom stereocenters. The van der Waals surface area contributed by atoms with Crippen molar-refractivity contribution in [1.82, 2.24) is 10.6 Å². The Kier molecular flexibility index (Phi) is 9.14. The molecule has 28 heavy (non-hydrogen) atoms. The maximum atomic E-state index is 12.5. The molecule has 0 spiro atoms. The number of benzene rings is 1. The molecule has 1 radical (unpaired) electrons. The molecule has 8 nitrogen and oxygen atoms in total. The van der Waals surface area contributed by atoms with Gasteiger partial charge in [0.1, 0.15) is 0 Å². The molecular weight excluding hydrogens is 363 g/mol. The van der Waals surface area contributed by atoms with Gasteiger partial charge in [-0.05, 0) is 0 Å². The van der Waals surface area contributed by atoms with E-state index in [1.165, 1.54) is 6.92 Å². The van der Waals surface area contributed by atoms with E-state index in [0.717, 1.165) is 5.56 Å². The fraction of sp³-hybridized carbons (Fsp3) is 0.526. The maximum absolute atomic E-state index is 12.5. The van der Waals surface area contributed by atoms with Crippen molar-refractivity contribution < 1.29 is 29.3 Å². The van der Waals surface area contributed by atoms with Crippen molar-refractivity contribution in [2.24, 2.45) is 0 Å². The first-order valence-corrected chi connectivity index (χ1v) is 8.91. The monoisotopic (exact) mass is 391 g/mol. The molecule has 1 amide bonds. The molecule has 0 heterocycles. The topological polar surface area (TPSA) is 117 Å². The van der Waals surface area contributed by atoms with Crippen molar-refractivity contribution in [3.63, 3.8) is 0 Å². The number of aliphatic hydroxyl groups is 2. The first-order chi connectivity index (χ1) is 13.0. The van der Waals surface area contributed by atoms with Crippen molar-refractivity contribution in [2.75, 3.05) is 6.61 Å². The van der Waals surface area contributed by atoms with Gasteiger partial charge in [-0.1, -0.05) is 6.07 Å². The minimum atomic E-state index is -1.29. The molecule has 0 saturated heterocycles. The summed E-state index contributed by atoms with van der Waals surface area (Å²) in [5, 5.41) is 24.2. The SMILES string of the molecule is [B]=C(N[C@H](C(=O)N[C@@H](CO)C(=O)OCc1ccccc1)[C@H](C)O)OC(C)(C)C. The van der Waals surface area contributed by atoms with Crippen molar-refractivity contribution in [2.45, 2.75) is 58.1 Å². The number of hydrogen-bond acceptors (Lipinski definition) is 7. The van der Waals surface area contributed by atoms with Gasteiger partial charge in [-0.3, -0.25) is 0 Å². The summed E-state index contributed by atoms with van der Waals surface area (Å²) in [6.07, 6.45) is -1.15. The normalized spacial score (nSPS) is 14.3. The number of carbonyl (C=O) groups excluding carboxylic acids is 2. The van der Waals surface area contributed by atoms with E-state index in [0.29, 0.717) is 0 Å². The molecular formula is C19H28BN2O6. The third-order valence-electron chi connectivity index (χ3n) is 3.49. The number of aliphatic hydroxyl groups excluding tert-OH is 2. The van der Waals surface area contributed by atoms with Crippen LogP contribution in [0.4, 0.5) is 0 Å². The second-order valence-electron chi connectivity index (χ2n) is 7.28. The number of rotatable bonds is 10. The molecule has 1 aromatic rings. The molecule has 1 aromatic carbocycles. The van der Waals surface area contributed by atoms with Gasteiger partial charge < -0.3 is 0 Å². The predicted octanol–water partition coefficient (Wildman–Crippen LogP) is -0.383. The van der Waals surface area contributed by atoms with Crippen LogP contribution in [0.1, 0.15) is 33.3 Å². The summed E-state index contributed by atoms with van der Waals surface area (Å²) in [6.45, 7) is 6.02. The number of esters is 1. The third-order valence-corrected chi connectivity index (χ3v) is 3.49. The number of ether oxygens (including phenoxy) is 2. The fourth-order valence-corrected chi connectivity index (χ4v) is 2.19. The van der Waals surface area contributed by atoms with E-state index in [-0.39, 0.29) is 12.4 Å². The number of nitrogens with one attached hydrogen (secondary N) is 2. The van der Waals surface area contributed by atoms with Crippen molar-refractivity contribution in [3.8, 4) is 0 Å². The van der Waals surface area contributed by atoms with Gasteiger partial charge >= 0.3 is 160 Å². The van der Waals surface area contributed by atoms with E-state index in [9.17, 15) is 19.8 Å². The van der Waals surface area contributed by atoms with Gasteiger partial charge in [-0.25, -0.2) is 0 Å². The summed E-state index contributed by atoms with van der Waals surface area (Å²) in [7, 11) is 5.72. The van der Waals surface area contributed by atoms with Gasteiger partial charge in [0.15, 0.2) is 0 Å². The summed E-state index contributed by atoms with van der Waals surface area (Å²) in [4.78, 5) is 24.6. The van der Waals surface area contributed by atoms with E-state index in [1.54, 1.807) is 45.0 Å². The fourth-order valence-electron chi connectivity index (χ4n) is 2.19. The average Bonchev–Trinajstić information content (AvgIpc) is 2.61. The Labute approximate surface area is 166 Å². The van der Waals surface area contributed by atoms with Crippen LogP contribution >= 0.6 is 0 Å². The standard InChI is InChI=1S/C19H28BN2O6/c1-12(24)15(22-18(20)28-19(2,3)4)16(25)21-14(10-23)17(26)27-11-13-8-6-5-7-9-13/h5-9,12,14-15,22-24H,10-11H2,1-4H3,(H,21,25)/t12-,14-,15-/m0/s1. The van der Waals surface area contributed by atoms with Crippen LogP contribution in [-0.2, 0) is 25.7 Å².